The summed E-state index contributed by atoms with van der Waals surface area (Å²) >= 11 is 0. The Kier molecular flexibility index (Phi) is 3.91. The van der Waals surface area contributed by atoms with Crippen LogP contribution in [0.1, 0.15) is 47.0 Å². The van der Waals surface area contributed by atoms with E-state index >= 15 is 0 Å². The van der Waals surface area contributed by atoms with Crippen LogP contribution in [0.2, 0.25) is 0 Å². The van der Waals surface area contributed by atoms with Gasteiger partial charge in [0, 0.05) is 22.7 Å². The quantitative estimate of drug-likeness (QED) is 0.705. The third kappa shape index (κ3) is 2.08. The van der Waals surface area contributed by atoms with Crippen LogP contribution in [0.15, 0.2) is 11.3 Å². The lowest BCUT2D eigenvalue weighted by Gasteiger charge is -2.65. The van der Waals surface area contributed by atoms with Crippen LogP contribution in [0, 0.1) is 34.5 Å². The highest BCUT2D eigenvalue weighted by atomic mass is 16.5. The fourth-order valence-corrected chi connectivity index (χ4v) is 7.02. The molecule has 6 heteroatoms. The Morgan fingerprint density at radius 1 is 1.19 bits per heavy atom. The Hall–Kier alpha value is -1.69. The SMILES string of the molecule is COC1=C(C)[C@@H]2CC(=O)O[C@@H]3CC4C(C)CC(O)C(=O)[C@]4(C)C(C1=O)[C@@]32C. The summed E-state index contributed by atoms with van der Waals surface area (Å²) in [5, 5.41) is 10.4. The minimum absolute atomic E-state index is 0.0529. The number of rotatable bonds is 1. The standard InChI is InChI=1S/C21H28O6/c1-9-6-13(22)19(25)21(4)11(9)7-14-20(3)12(8-15(23)27-14)10(2)17(26-5)16(24)18(20)21/h9,11-14,18,22H,6-8H2,1-5H3/t9?,11?,12-,13?,14+,18?,20+,21-/m0/s1. The van der Waals surface area contributed by atoms with Gasteiger partial charge in [-0.3, -0.25) is 14.4 Å². The van der Waals surface area contributed by atoms with Gasteiger partial charge in [0.05, 0.1) is 13.5 Å². The molecule has 0 radical (unpaired) electrons. The molecule has 1 saturated heterocycles. The molecule has 4 aliphatic rings. The van der Waals surface area contributed by atoms with Crippen LogP contribution in [0.4, 0.5) is 0 Å². The van der Waals surface area contributed by atoms with Crippen LogP contribution in [0.5, 0.6) is 0 Å². The predicted octanol–water partition coefficient (Wildman–Crippen LogP) is 2.04. The van der Waals surface area contributed by atoms with Gasteiger partial charge < -0.3 is 14.6 Å². The van der Waals surface area contributed by atoms with Crippen LogP contribution < -0.4 is 0 Å². The topological polar surface area (TPSA) is 89.9 Å². The molecule has 8 atom stereocenters. The smallest absolute Gasteiger partial charge is 0.306 e. The van der Waals surface area contributed by atoms with Crippen LogP contribution in [-0.2, 0) is 23.9 Å². The largest absolute Gasteiger partial charge is 0.493 e. The molecule has 148 valence electrons. The number of allylic oxidation sites excluding steroid dienone is 2. The molecule has 1 aliphatic heterocycles. The van der Waals surface area contributed by atoms with Crippen molar-refractivity contribution >= 4 is 17.5 Å². The van der Waals surface area contributed by atoms with E-state index in [9.17, 15) is 19.5 Å². The van der Waals surface area contributed by atoms with Crippen molar-refractivity contribution in [1.29, 1.82) is 0 Å². The summed E-state index contributed by atoms with van der Waals surface area (Å²) in [6.07, 6.45) is -0.352. The van der Waals surface area contributed by atoms with Gasteiger partial charge in [0.2, 0.25) is 5.78 Å². The maximum absolute atomic E-state index is 13.6. The number of hydrogen-bond donors (Lipinski definition) is 1. The zero-order valence-electron chi connectivity index (χ0n) is 16.6. The van der Waals surface area contributed by atoms with E-state index in [4.69, 9.17) is 9.47 Å². The lowest BCUT2D eigenvalue weighted by Crippen LogP contribution is -2.70. The van der Waals surface area contributed by atoms with Crippen LogP contribution in [0.25, 0.3) is 0 Å². The van der Waals surface area contributed by atoms with Gasteiger partial charge in [0.25, 0.3) is 0 Å². The Morgan fingerprint density at radius 2 is 1.85 bits per heavy atom. The van der Waals surface area contributed by atoms with Crippen molar-refractivity contribution in [3.63, 3.8) is 0 Å². The Bertz CT molecular complexity index is 769. The second kappa shape index (κ2) is 5.66. The van der Waals surface area contributed by atoms with Crippen molar-refractivity contribution < 1.29 is 29.0 Å². The van der Waals surface area contributed by atoms with Crippen LogP contribution >= 0.6 is 0 Å². The van der Waals surface area contributed by atoms with Crippen molar-refractivity contribution in [2.75, 3.05) is 7.11 Å². The molecule has 0 aromatic carbocycles. The average Bonchev–Trinajstić information content (AvgIpc) is 2.58. The maximum Gasteiger partial charge on any atom is 0.306 e. The molecule has 4 unspecified atom stereocenters. The minimum atomic E-state index is -1.06. The summed E-state index contributed by atoms with van der Waals surface area (Å²) in [5.74, 6) is -1.40. The fraction of sp³-hybridized carbons (Fsp3) is 0.762. The molecule has 6 nitrogen and oxygen atoms in total. The lowest BCUT2D eigenvalue weighted by molar-refractivity contribution is -0.224. The van der Waals surface area contributed by atoms with Gasteiger partial charge >= 0.3 is 5.97 Å². The van der Waals surface area contributed by atoms with Crippen molar-refractivity contribution in [1.82, 2.24) is 0 Å². The van der Waals surface area contributed by atoms with Gasteiger partial charge in [-0.05, 0) is 37.2 Å². The van der Waals surface area contributed by atoms with E-state index in [1.54, 1.807) is 0 Å². The number of esters is 1. The molecule has 27 heavy (non-hydrogen) atoms. The molecule has 1 heterocycles. The number of carbonyl (C=O) groups is 3. The molecule has 1 N–H and O–H groups in total. The lowest BCUT2D eigenvalue weighted by atomic mass is 9.39. The number of Topliss-reactive ketones (excluding diaryl/α,β-unsaturated/α-hetero) is 2. The fourth-order valence-electron chi connectivity index (χ4n) is 7.02. The molecule has 0 amide bonds. The number of methoxy groups -OCH3 is 1. The first-order valence-corrected chi connectivity index (χ1v) is 9.79. The van der Waals surface area contributed by atoms with Crippen molar-refractivity contribution in [2.24, 2.45) is 34.5 Å². The highest BCUT2D eigenvalue weighted by Crippen LogP contribution is 2.67. The predicted molar refractivity (Wildman–Crippen MR) is 95.3 cm³/mol. The highest BCUT2D eigenvalue weighted by Gasteiger charge is 2.72. The van der Waals surface area contributed by atoms with Crippen molar-refractivity contribution in [2.45, 2.75) is 59.2 Å². The molecule has 2 saturated carbocycles. The molecule has 0 bridgehead atoms. The average molecular weight is 376 g/mol. The second-order valence-electron chi connectivity index (χ2n) is 9.33. The molecule has 0 aromatic rings. The van der Waals surface area contributed by atoms with Gasteiger partial charge in [0.1, 0.15) is 12.2 Å². The maximum atomic E-state index is 13.6. The van der Waals surface area contributed by atoms with E-state index in [0.29, 0.717) is 12.8 Å². The van der Waals surface area contributed by atoms with Gasteiger partial charge in [-0.1, -0.05) is 20.8 Å². The Balaban J connectivity index is 1.97. The number of fused-ring (bicyclic) bond motifs is 2. The van der Waals surface area contributed by atoms with E-state index in [0.717, 1.165) is 5.57 Å². The third-order valence-electron chi connectivity index (χ3n) is 8.24. The number of carbonyl (C=O) groups excluding carboxylic acids is 3. The Labute approximate surface area is 159 Å². The number of ketones is 2. The number of aliphatic hydroxyl groups excluding tert-OH is 1. The molecule has 4 rings (SSSR count). The zero-order chi connectivity index (χ0) is 19.9. The van der Waals surface area contributed by atoms with E-state index in [1.807, 2.05) is 27.7 Å². The zero-order valence-corrected chi connectivity index (χ0v) is 16.6. The summed E-state index contributed by atoms with van der Waals surface area (Å²) in [5.41, 5.74) is -0.900. The summed E-state index contributed by atoms with van der Waals surface area (Å²) in [6.45, 7) is 7.67. The van der Waals surface area contributed by atoms with Gasteiger partial charge in [-0.25, -0.2) is 0 Å². The summed E-state index contributed by atoms with van der Waals surface area (Å²) in [4.78, 5) is 39.2. The highest BCUT2D eigenvalue weighted by molar-refractivity contribution is 6.04. The Morgan fingerprint density at radius 3 is 2.48 bits per heavy atom. The molecule has 0 spiro atoms. The summed E-state index contributed by atoms with van der Waals surface area (Å²) in [6, 6.07) is 0. The number of hydrogen-bond acceptors (Lipinski definition) is 6. The second-order valence-corrected chi connectivity index (χ2v) is 9.33. The van der Waals surface area contributed by atoms with Crippen molar-refractivity contribution in [3.8, 4) is 0 Å². The molecule has 0 aromatic heterocycles. The molecular weight excluding hydrogens is 348 g/mol. The summed E-state index contributed by atoms with van der Waals surface area (Å²) in [7, 11) is 1.46. The number of aliphatic hydroxyl groups is 1. The first kappa shape index (κ1) is 18.7. The first-order chi connectivity index (χ1) is 12.6. The normalized spacial score (nSPS) is 49.3. The van der Waals surface area contributed by atoms with E-state index in [1.165, 1.54) is 7.11 Å². The van der Waals surface area contributed by atoms with Crippen LogP contribution in [0.3, 0.4) is 0 Å². The van der Waals surface area contributed by atoms with Gasteiger partial charge in [0.15, 0.2) is 11.5 Å². The van der Waals surface area contributed by atoms with Gasteiger partial charge in [-0.2, -0.15) is 0 Å². The molecule has 3 fully saturated rings. The van der Waals surface area contributed by atoms with Crippen molar-refractivity contribution in [3.05, 3.63) is 11.3 Å². The first-order valence-electron chi connectivity index (χ1n) is 9.79. The van der Waals surface area contributed by atoms with Crippen LogP contribution in [-0.4, -0.2) is 42.0 Å². The van der Waals surface area contributed by atoms with Gasteiger partial charge in [-0.15, -0.1) is 0 Å². The van der Waals surface area contributed by atoms with E-state index in [2.05, 4.69) is 0 Å². The third-order valence-corrected chi connectivity index (χ3v) is 8.24. The number of ether oxygens (including phenoxy) is 2. The van der Waals surface area contributed by atoms with E-state index < -0.39 is 29.0 Å². The molecular formula is C21H28O6. The minimum Gasteiger partial charge on any atom is -0.493 e. The van der Waals surface area contributed by atoms with E-state index in [-0.39, 0.29) is 47.5 Å². The molecule has 3 aliphatic carbocycles. The monoisotopic (exact) mass is 376 g/mol. The summed E-state index contributed by atoms with van der Waals surface area (Å²) < 4.78 is 11.2.